The Morgan fingerprint density at radius 1 is 1.50 bits per heavy atom. The number of hydrogen-bond acceptors (Lipinski definition) is 4. The molecule has 0 saturated carbocycles. The molecular formula is C14H22F2N4O2. The molecule has 0 aromatic carbocycles. The molecule has 0 amide bonds. The lowest BCUT2D eigenvalue weighted by molar-refractivity contribution is 0.0791. The normalized spacial score (nSPS) is 11.7. The molecule has 0 atom stereocenters. The minimum Gasteiger partial charge on any atom is -0.471 e. The summed E-state index contributed by atoms with van der Waals surface area (Å²) in [5.41, 5.74) is 6.32. The monoisotopic (exact) mass is 316 g/mol. The Kier molecular flexibility index (Phi) is 8.82. The third-order valence-corrected chi connectivity index (χ3v) is 2.59. The maximum Gasteiger partial charge on any atom is 0.272 e. The second kappa shape index (κ2) is 10.7. The maximum absolute atomic E-state index is 12.2. The van der Waals surface area contributed by atoms with Crippen LogP contribution in [0.1, 0.15) is 18.9 Å². The van der Waals surface area contributed by atoms with Crippen molar-refractivity contribution >= 4 is 5.96 Å². The molecule has 124 valence electrons. The fraction of sp³-hybridized carbons (Fsp3) is 0.571. The van der Waals surface area contributed by atoms with Gasteiger partial charge in [0.25, 0.3) is 6.43 Å². The summed E-state index contributed by atoms with van der Waals surface area (Å²) in [5, 5.41) is 2.95. The Labute approximate surface area is 128 Å². The molecule has 0 spiro atoms. The fourth-order valence-corrected chi connectivity index (χ4v) is 1.58. The molecule has 1 aromatic rings. The standard InChI is InChI=1S/C14H22F2N4O2/c1-2-21-8-4-7-19-14(17)20-9-11-5-3-6-18-13(11)22-10-12(15)16/h3,5-6,12H,2,4,7-10H2,1H3,(H3,17,19,20). The van der Waals surface area contributed by atoms with Crippen molar-refractivity contribution in [1.29, 1.82) is 0 Å². The molecule has 0 radical (unpaired) electrons. The van der Waals surface area contributed by atoms with Gasteiger partial charge in [-0.3, -0.25) is 0 Å². The zero-order chi connectivity index (χ0) is 16.2. The van der Waals surface area contributed by atoms with Gasteiger partial charge in [-0.1, -0.05) is 6.07 Å². The summed E-state index contributed by atoms with van der Waals surface area (Å²) < 4.78 is 34.5. The summed E-state index contributed by atoms with van der Waals surface area (Å²) in [4.78, 5) is 8.06. The number of pyridine rings is 1. The van der Waals surface area contributed by atoms with Crippen LogP contribution in [0.4, 0.5) is 8.78 Å². The van der Waals surface area contributed by atoms with Gasteiger partial charge in [-0.25, -0.2) is 18.8 Å². The molecule has 0 fully saturated rings. The highest BCUT2D eigenvalue weighted by molar-refractivity contribution is 5.77. The predicted octanol–water partition coefficient (Wildman–Crippen LogP) is 1.56. The third kappa shape index (κ3) is 7.72. The second-order valence-corrected chi connectivity index (χ2v) is 4.35. The molecule has 0 aliphatic heterocycles. The van der Waals surface area contributed by atoms with Crippen molar-refractivity contribution < 1.29 is 18.3 Å². The van der Waals surface area contributed by atoms with Crippen LogP contribution in [0.2, 0.25) is 0 Å². The lowest BCUT2D eigenvalue weighted by Crippen LogP contribution is -2.32. The van der Waals surface area contributed by atoms with Crippen LogP contribution in [0, 0.1) is 0 Å². The van der Waals surface area contributed by atoms with Gasteiger partial charge in [0.05, 0.1) is 6.54 Å². The molecular weight excluding hydrogens is 294 g/mol. The fourth-order valence-electron chi connectivity index (χ4n) is 1.58. The van der Waals surface area contributed by atoms with Gasteiger partial charge in [-0.15, -0.1) is 0 Å². The molecule has 6 nitrogen and oxygen atoms in total. The average Bonchev–Trinajstić information content (AvgIpc) is 2.51. The van der Waals surface area contributed by atoms with Gasteiger partial charge < -0.3 is 20.5 Å². The molecule has 22 heavy (non-hydrogen) atoms. The van der Waals surface area contributed by atoms with Crippen LogP contribution >= 0.6 is 0 Å². The Morgan fingerprint density at radius 2 is 2.32 bits per heavy atom. The Balaban J connectivity index is 2.43. The summed E-state index contributed by atoms with van der Waals surface area (Å²) in [6.07, 6.45) is -0.251. The SMILES string of the molecule is CCOCCCNC(N)=NCc1cccnc1OCC(F)F. The summed E-state index contributed by atoms with van der Waals surface area (Å²) in [6.45, 7) is 3.44. The average molecular weight is 316 g/mol. The lowest BCUT2D eigenvalue weighted by Gasteiger charge is -2.09. The van der Waals surface area contributed by atoms with Crippen LogP contribution in [0.5, 0.6) is 5.88 Å². The number of aromatic nitrogens is 1. The summed E-state index contributed by atoms with van der Waals surface area (Å²) in [5.74, 6) is 0.427. The number of nitrogens with one attached hydrogen (secondary N) is 1. The number of aliphatic imine (C=N–C) groups is 1. The molecule has 0 bridgehead atoms. The highest BCUT2D eigenvalue weighted by Crippen LogP contribution is 2.16. The number of guanidine groups is 1. The highest BCUT2D eigenvalue weighted by Gasteiger charge is 2.08. The first-order valence-corrected chi connectivity index (χ1v) is 7.09. The van der Waals surface area contributed by atoms with E-state index in [1.54, 1.807) is 12.1 Å². The molecule has 3 N–H and O–H groups in total. The van der Waals surface area contributed by atoms with E-state index in [-0.39, 0.29) is 18.4 Å². The van der Waals surface area contributed by atoms with Gasteiger partial charge in [-0.2, -0.15) is 0 Å². The highest BCUT2D eigenvalue weighted by atomic mass is 19.3. The van der Waals surface area contributed by atoms with E-state index in [0.29, 0.717) is 25.3 Å². The van der Waals surface area contributed by atoms with Crippen molar-refractivity contribution in [2.75, 3.05) is 26.4 Å². The van der Waals surface area contributed by atoms with E-state index in [4.69, 9.17) is 15.2 Å². The quantitative estimate of drug-likeness (QED) is 0.389. The van der Waals surface area contributed by atoms with Crippen molar-refractivity contribution in [3.8, 4) is 5.88 Å². The number of nitrogens with two attached hydrogens (primary N) is 1. The molecule has 8 heteroatoms. The zero-order valence-corrected chi connectivity index (χ0v) is 12.6. The lowest BCUT2D eigenvalue weighted by atomic mass is 10.3. The molecule has 1 aromatic heterocycles. The van der Waals surface area contributed by atoms with E-state index in [9.17, 15) is 8.78 Å². The first kappa shape index (κ1) is 18.1. The second-order valence-electron chi connectivity index (χ2n) is 4.35. The first-order valence-electron chi connectivity index (χ1n) is 7.09. The summed E-state index contributed by atoms with van der Waals surface area (Å²) in [6, 6.07) is 3.39. The van der Waals surface area contributed by atoms with Crippen molar-refractivity contribution in [3.05, 3.63) is 23.9 Å². The van der Waals surface area contributed by atoms with Gasteiger partial charge in [0.1, 0.15) is 0 Å². The topological polar surface area (TPSA) is 81.8 Å². The Bertz CT molecular complexity index is 458. The third-order valence-electron chi connectivity index (χ3n) is 2.59. The van der Waals surface area contributed by atoms with Crippen LogP contribution in [-0.4, -0.2) is 43.7 Å². The van der Waals surface area contributed by atoms with Crippen molar-refractivity contribution in [1.82, 2.24) is 10.3 Å². The number of ether oxygens (including phenoxy) is 2. The van der Waals surface area contributed by atoms with Crippen LogP contribution in [0.3, 0.4) is 0 Å². The van der Waals surface area contributed by atoms with E-state index < -0.39 is 13.0 Å². The van der Waals surface area contributed by atoms with E-state index in [1.165, 1.54) is 6.20 Å². The van der Waals surface area contributed by atoms with Gasteiger partial charge in [0.15, 0.2) is 12.6 Å². The molecule has 1 rings (SSSR count). The largest absolute Gasteiger partial charge is 0.471 e. The van der Waals surface area contributed by atoms with Crippen LogP contribution < -0.4 is 15.8 Å². The first-order chi connectivity index (χ1) is 10.6. The van der Waals surface area contributed by atoms with Crippen molar-refractivity contribution in [2.45, 2.75) is 26.3 Å². The molecule has 0 aliphatic carbocycles. The summed E-state index contributed by atoms with van der Waals surface area (Å²) in [7, 11) is 0. The molecule has 0 unspecified atom stereocenters. The van der Waals surface area contributed by atoms with Crippen molar-refractivity contribution in [3.63, 3.8) is 0 Å². The van der Waals surface area contributed by atoms with E-state index >= 15 is 0 Å². The van der Waals surface area contributed by atoms with Crippen molar-refractivity contribution in [2.24, 2.45) is 10.7 Å². The van der Waals surface area contributed by atoms with Crippen LogP contribution in [0.25, 0.3) is 0 Å². The molecule has 0 saturated heterocycles. The predicted molar refractivity (Wildman–Crippen MR) is 80.2 cm³/mol. The number of nitrogens with zero attached hydrogens (tertiary/aromatic N) is 2. The van der Waals surface area contributed by atoms with E-state index in [1.807, 2.05) is 6.92 Å². The minimum atomic E-state index is -2.55. The summed E-state index contributed by atoms with van der Waals surface area (Å²) >= 11 is 0. The van der Waals surface area contributed by atoms with Gasteiger partial charge >= 0.3 is 0 Å². The Morgan fingerprint density at radius 3 is 3.05 bits per heavy atom. The smallest absolute Gasteiger partial charge is 0.272 e. The molecule has 1 heterocycles. The Hall–Kier alpha value is -1.96. The van der Waals surface area contributed by atoms with Gasteiger partial charge in [-0.05, 0) is 19.4 Å². The van der Waals surface area contributed by atoms with E-state index in [0.717, 1.165) is 6.42 Å². The number of alkyl halides is 2. The maximum atomic E-state index is 12.2. The number of rotatable bonds is 10. The zero-order valence-electron chi connectivity index (χ0n) is 12.6. The molecule has 0 aliphatic rings. The van der Waals surface area contributed by atoms with Gasteiger partial charge in [0, 0.05) is 31.5 Å². The number of hydrogen-bond donors (Lipinski definition) is 2. The number of halogens is 2. The van der Waals surface area contributed by atoms with Crippen LogP contribution in [0.15, 0.2) is 23.3 Å². The van der Waals surface area contributed by atoms with Gasteiger partial charge in [0.2, 0.25) is 5.88 Å². The minimum absolute atomic E-state index is 0.149. The van der Waals surface area contributed by atoms with E-state index in [2.05, 4.69) is 15.3 Å². The van der Waals surface area contributed by atoms with Crippen LogP contribution in [-0.2, 0) is 11.3 Å².